The van der Waals surface area contributed by atoms with Crippen molar-refractivity contribution < 1.29 is 10.2 Å². The minimum atomic E-state index is -0.167. The molecule has 0 atom stereocenters. The Morgan fingerprint density at radius 3 is 1.19 bits per heavy atom. The smallest absolute Gasteiger partial charge is 0.115 e. The quantitative estimate of drug-likeness (QED) is 0.653. The molecule has 0 amide bonds. The van der Waals surface area contributed by atoms with Crippen molar-refractivity contribution in [2.45, 2.75) is 80.4 Å². The topological polar surface area (TPSA) is 66.2 Å². The highest BCUT2D eigenvalue weighted by molar-refractivity contribution is 7.07. The highest BCUT2D eigenvalue weighted by Gasteiger charge is 1.95. The van der Waals surface area contributed by atoms with Crippen LogP contribution in [-0.4, -0.2) is 32.4 Å². The molecular formula is C21H40N2O2S. The van der Waals surface area contributed by atoms with Gasteiger partial charge in [-0.15, -0.1) is 0 Å². The van der Waals surface area contributed by atoms with Crippen LogP contribution in [0.15, 0.2) is 41.6 Å². The number of hydrogen-bond donors (Lipinski definition) is 2. The van der Waals surface area contributed by atoms with Gasteiger partial charge in [0.25, 0.3) is 0 Å². The molecule has 0 spiro atoms. The van der Waals surface area contributed by atoms with E-state index in [1.165, 1.54) is 5.56 Å². The van der Waals surface area contributed by atoms with Gasteiger partial charge < -0.3 is 10.2 Å². The fraction of sp³-hybridized carbons (Fsp3) is 0.619. The third-order valence-corrected chi connectivity index (χ3v) is 2.30. The fourth-order valence-corrected chi connectivity index (χ4v) is 1.29. The first-order valence-corrected chi connectivity index (χ1v) is 10.0. The molecule has 0 fully saturated rings. The van der Waals surface area contributed by atoms with E-state index in [0.717, 1.165) is 5.92 Å². The summed E-state index contributed by atoms with van der Waals surface area (Å²) in [4.78, 5) is 7.79. The molecule has 5 heteroatoms. The molecule has 26 heavy (non-hydrogen) atoms. The molecule has 2 aromatic rings. The van der Waals surface area contributed by atoms with Gasteiger partial charge in [-0.2, -0.15) is 11.3 Å². The summed E-state index contributed by atoms with van der Waals surface area (Å²) in [6, 6.07) is 4.04. The van der Waals surface area contributed by atoms with Crippen molar-refractivity contribution >= 4 is 11.3 Å². The Morgan fingerprint density at radius 2 is 1.04 bits per heavy atom. The van der Waals surface area contributed by atoms with Crippen molar-refractivity contribution in [2.24, 2.45) is 5.92 Å². The highest BCUT2D eigenvalue weighted by atomic mass is 32.1. The lowest BCUT2D eigenvalue weighted by atomic mass is 10.1. The SMILES string of the molecule is CC(C)C.CC(C)O.CC(C)O.CC(C)c1cncnc1.c1ccsc1. The van der Waals surface area contributed by atoms with Crippen molar-refractivity contribution in [1.29, 1.82) is 0 Å². The van der Waals surface area contributed by atoms with Crippen LogP contribution >= 0.6 is 11.3 Å². The molecule has 0 bridgehead atoms. The van der Waals surface area contributed by atoms with E-state index in [2.05, 4.69) is 44.6 Å². The van der Waals surface area contributed by atoms with Crippen LogP contribution in [-0.2, 0) is 0 Å². The van der Waals surface area contributed by atoms with E-state index in [9.17, 15) is 0 Å². The second-order valence-electron chi connectivity index (χ2n) is 7.04. The molecule has 0 saturated heterocycles. The van der Waals surface area contributed by atoms with Crippen LogP contribution in [0.5, 0.6) is 0 Å². The van der Waals surface area contributed by atoms with E-state index < -0.39 is 0 Å². The number of nitrogens with zero attached hydrogens (tertiary/aromatic N) is 2. The summed E-state index contributed by atoms with van der Waals surface area (Å²) in [7, 11) is 0. The molecule has 0 aliphatic rings. The Bertz CT molecular complexity index is 405. The molecule has 0 radical (unpaired) electrons. The maximum Gasteiger partial charge on any atom is 0.115 e. The largest absolute Gasteiger partial charge is 0.394 e. The van der Waals surface area contributed by atoms with Crippen molar-refractivity contribution in [1.82, 2.24) is 9.97 Å². The van der Waals surface area contributed by atoms with Crippen LogP contribution < -0.4 is 0 Å². The van der Waals surface area contributed by atoms with Crippen molar-refractivity contribution in [3.63, 3.8) is 0 Å². The zero-order valence-corrected chi connectivity index (χ0v) is 18.9. The van der Waals surface area contributed by atoms with Gasteiger partial charge in [0.2, 0.25) is 0 Å². The van der Waals surface area contributed by atoms with E-state index in [0.29, 0.717) is 5.92 Å². The molecule has 0 aromatic carbocycles. The number of aromatic nitrogens is 2. The van der Waals surface area contributed by atoms with Gasteiger partial charge in [0.05, 0.1) is 0 Å². The monoisotopic (exact) mass is 384 g/mol. The van der Waals surface area contributed by atoms with Gasteiger partial charge in [-0.3, -0.25) is 0 Å². The molecule has 152 valence electrons. The predicted molar refractivity (Wildman–Crippen MR) is 116 cm³/mol. The van der Waals surface area contributed by atoms with Crippen molar-refractivity contribution in [3.05, 3.63) is 47.2 Å². The Kier molecular flexibility index (Phi) is 24.6. The third kappa shape index (κ3) is 43.4. The second kappa shape index (κ2) is 21.7. The number of aliphatic hydroxyl groups is 2. The number of hydrogen-bond acceptors (Lipinski definition) is 5. The normalized spacial score (nSPS) is 9.19. The highest BCUT2D eigenvalue weighted by Crippen LogP contribution is 2.09. The molecule has 0 saturated carbocycles. The second-order valence-corrected chi connectivity index (χ2v) is 7.86. The van der Waals surface area contributed by atoms with Gasteiger partial charge in [-0.1, -0.05) is 46.8 Å². The molecular weight excluding hydrogens is 344 g/mol. The van der Waals surface area contributed by atoms with E-state index >= 15 is 0 Å². The lowest BCUT2D eigenvalue weighted by Gasteiger charge is -1.99. The van der Waals surface area contributed by atoms with Crippen LogP contribution in [0, 0.1) is 5.92 Å². The van der Waals surface area contributed by atoms with Crippen molar-refractivity contribution in [3.8, 4) is 0 Å². The van der Waals surface area contributed by atoms with Gasteiger partial charge in [-0.05, 0) is 55.9 Å². The first-order valence-electron chi connectivity index (χ1n) is 9.08. The Morgan fingerprint density at radius 1 is 0.731 bits per heavy atom. The maximum atomic E-state index is 8.06. The zero-order valence-electron chi connectivity index (χ0n) is 18.0. The first-order chi connectivity index (χ1) is 12.0. The summed E-state index contributed by atoms with van der Waals surface area (Å²) >= 11 is 1.71. The summed E-state index contributed by atoms with van der Waals surface area (Å²) in [6.45, 7) is 17.6. The average molecular weight is 385 g/mol. The number of rotatable bonds is 1. The minimum absolute atomic E-state index is 0.167. The summed E-state index contributed by atoms with van der Waals surface area (Å²) in [5, 5.41) is 20.2. The summed E-state index contributed by atoms with van der Waals surface area (Å²) < 4.78 is 0. The Hall–Kier alpha value is -1.30. The van der Waals surface area contributed by atoms with Gasteiger partial charge in [-0.25, -0.2) is 9.97 Å². The Labute approximate surface area is 165 Å². The van der Waals surface area contributed by atoms with Gasteiger partial charge in [0, 0.05) is 24.6 Å². The fourth-order valence-electron chi connectivity index (χ4n) is 0.836. The predicted octanol–water partition coefficient (Wildman–Crippen LogP) is 5.78. The van der Waals surface area contributed by atoms with Crippen LogP contribution in [0.4, 0.5) is 0 Å². The first kappa shape index (κ1) is 29.5. The molecule has 0 unspecified atom stereocenters. The average Bonchev–Trinajstić information content (AvgIpc) is 3.05. The van der Waals surface area contributed by atoms with Crippen LogP contribution in [0.25, 0.3) is 0 Å². The van der Waals surface area contributed by atoms with E-state index in [1.54, 1.807) is 45.4 Å². The van der Waals surface area contributed by atoms with Crippen LogP contribution in [0.3, 0.4) is 0 Å². The van der Waals surface area contributed by atoms with Crippen molar-refractivity contribution in [2.75, 3.05) is 0 Å². The van der Waals surface area contributed by atoms with E-state index in [1.807, 2.05) is 35.3 Å². The lowest BCUT2D eigenvalue weighted by Crippen LogP contribution is -1.88. The molecule has 2 aromatic heterocycles. The minimum Gasteiger partial charge on any atom is -0.394 e. The molecule has 2 rings (SSSR count). The molecule has 0 aliphatic heterocycles. The van der Waals surface area contributed by atoms with Crippen LogP contribution in [0.1, 0.15) is 73.8 Å². The Balaban J connectivity index is -0.000000271. The number of thiophene rings is 1. The zero-order chi connectivity index (χ0) is 21.0. The maximum absolute atomic E-state index is 8.06. The molecule has 2 heterocycles. The summed E-state index contributed by atoms with van der Waals surface area (Å²) in [5.74, 6) is 1.37. The van der Waals surface area contributed by atoms with Gasteiger partial charge in [0.15, 0.2) is 0 Å². The van der Waals surface area contributed by atoms with E-state index in [4.69, 9.17) is 10.2 Å². The third-order valence-electron chi connectivity index (χ3n) is 1.67. The summed E-state index contributed by atoms with van der Waals surface area (Å²) in [6.07, 6.45) is 4.90. The molecule has 2 N–H and O–H groups in total. The lowest BCUT2D eigenvalue weighted by molar-refractivity contribution is 0.215. The molecule has 0 aliphatic carbocycles. The van der Waals surface area contributed by atoms with Gasteiger partial charge in [0.1, 0.15) is 6.33 Å². The number of aliphatic hydroxyl groups excluding tert-OH is 2. The molecule has 4 nitrogen and oxygen atoms in total. The standard InChI is InChI=1S/C7H10N2.C4H4S.C4H10.2C3H8O/c1-6(2)7-3-8-5-9-4-7;1-2-4-5-3-1;1-4(2)3;2*1-3(2)4/h3-6H,1-2H3;1-4H;4H,1-3H3;2*3-4H,1-2H3. The van der Waals surface area contributed by atoms with Gasteiger partial charge >= 0.3 is 0 Å². The van der Waals surface area contributed by atoms with E-state index in [-0.39, 0.29) is 12.2 Å². The van der Waals surface area contributed by atoms with Crippen LogP contribution in [0.2, 0.25) is 0 Å². The summed E-state index contributed by atoms with van der Waals surface area (Å²) in [5.41, 5.74) is 1.19.